The van der Waals surface area contributed by atoms with Crippen LogP contribution in [0.5, 0.6) is 0 Å². The number of fused-ring (bicyclic) bond motifs is 3. The highest BCUT2D eigenvalue weighted by molar-refractivity contribution is 9.10. The van der Waals surface area contributed by atoms with Gasteiger partial charge in [-0.25, -0.2) is 0 Å². The largest absolute Gasteiger partial charge is 0.154 e. The minimum Gasteiger partial charge on any atom is -0.0654 e. The van der Waals surface area contributed by atoms with Crippen LogP contribution >= 0.6 is 15.9 Å². The molecule has 0 saturated carbocycles. The molecule has 0 unspecified atom stereocenters. The van der Waals surface area contributed by atoms with Gasteiger partial charge in [0.1, 0.15) is 0 Å². The molecule has 2 heteroatoms. The van der Waals surface area contributed by atoms with Gasteiger partial charge in [0.05, 0.1) is 0 Å². The minimum atomic E-state index is -1.19. The lowest BCUT2D eigenvalue weighted by Crippen LogP contribution is -2.54. The summed E-state index contributed by atoms with van der Waals surface area (Å²) >= 11 is 3.91. The third-order valence-electron chi connectivity index (χ3n) is 9.64. The Bertz CT molecular complexity index is 1360. The predicted octanol–water partition coefficient (Wildman–Crippen LogP) is 10.7. The van der Waals surface area contributed by atoms with E-state index in [0.29, 0.717) is 0 Å². The Morgan fingerprint density at radius 2 is 1.07 bits per heavy atom. The molecule has 0 aliphatic heterocycles. The molecule has 4 aromatic carbocycles. The molecule has 0 N–H and O–H groups in total. The fourth-order valence-corrected chi connectivity index (χ4v) is 10.8. The van der Waals surface area contributed by atoms with Gasteiger partial charge in [-0.3, -0.25) is 0 Å². The highest BCUT2D eigenvalue weighted by Gasteiger charge is 2.45. The molecule has 0 saturated heterocycles. The van der Waals surface area contributed by atoms with Gasteiger partial charge < -0.3 is 0 Å². The van der Waals surface area contributed by atoms with Gasteiger partial charge in [-0.15, -0.1) is 0 Å². The summed E-state index contributed by atoms with van der Waals surface area (Å²) in [6.45, 7) is 4.64. The van der Waals surface area contributed by atoms with Crippen molar-refractivity contribution in [3.63, 3.8) is 0 Å². The van der Waals surface area contributed by atoms with Crippen molar-refractivity contribution in [2.24, 2.45) is 0 Å². The lowest BCUT2D eigenvalue weighted by Gasteiger charge is -2.36. The van der Waals surface area contributed by atoms with Gasteiger partial charge in [-0.2, -0.15) is 0 Å². The van der Waals surface area contributed by atoms with E-state index in [0.717, 1.165) is 0 Å². The van der Waals surface area contributed by atoms with Crippen LogP contribution in [0.1, 0.15) is 115 Å². The maximum atomic E-state index is 3.91. The number of halogens is 1. The Morgan fingerprint density at radius 3 is 1.63 bits per heavy atom. The first-order chi connectivity index (χ1) is 21.2. The monoisotopic (exact) mass is 649 g/mol. The highest BCUT2D eigenvalue weighted by Crippen LogP contribution is 2.54. The van der Waals surface area contributed by atoms with Crippen LogP contribution in [-0.4, -0.2) is 8.80 Å². The molecule has 5 rings (SSSR count). The molecule has 0 amide bonds. The summed E-state index contributed by atoms with van der Waals surface area (Å²) in [4.78, 5) is 0. The Balaban J connectivity index is 1.63. The third kappa shape index (κ3) is 7.46. The molecule has 0 fully saturated rings. The summed E-state index contributed by atoms with van der Waals surface area (Å²) < 4.78 is 1.22. The molecule has 1 aliphatic carbocycles. The van der Waals surface area contributed by atoms with Gasteiger partial charge in [0.25, 0.3) is 0 Å². The van der Waals surface area contributed by atoms with Crippen molar-refractivity contribution in [3.8, 4) is 11.1 Å². The Morgan fingerprint density at radius 1 is 0.535 bits per heavy atom. The van der Waals surface area contributed by atoms with E-state index < -0.39 is 8.80 Å². The molecule has 0 nitrogen and oxygen atoms in total. The standard InChI is InChI=1S/C41H50BrSi/c1-3-5-7-9-11-19-30-41(31-20-12-10-8-6-4-2)38-32-33(42)28-29-36(38)37-26-21-27-39(40(37)41)43(34-22-15-13-16-23-34)35-24-17-14-18-25-35/h13-18,21-29,32H,3-12,19-20,30-31H2,1-2H3. The zero-order valence-corrected chi connectivity index (χ0v) is 29.1. The van der Waals surface area contributed by atoms with E-state index >= 15 is 0 Å². The summed E-state index contributed by atoms with van der Waals surface area (Å²) in [7, 11) is -1.19. The second-order valence-electron chi connectivity index (χ2n) is 12.6. The summed E-state index contributed by atoms with van der Waals surface area (Å²) in [6, 6.07) is 37.2. The molecule has 0 aromatic heterocycles. The summed E-state index contributed by atoms with van der Waals surface area (Å²) in [5.74, 6) is 0. The lowest BCUT2D eigenvalue weighted by atomic mass is 9.70. The summed E-state index contributed by atoms with van der Waals surface area (Å²) in [6.07, 6.45) is 18.6. The van der Waals surface area contributed by atoms with Crippen molar-refractivity contribution in [1.82, 2.24) is 0 Å². The van der Waals surface area contributed by atoms with Crippen LogP contribution in [-0.2, 0) is 5.41 Å². The van der Waals surface area contributed by atoms with Crippen molar-refractivity contribution >= 4 is 40.3 Å². The van der Waals surface area contributed by atoms with E-state index in [-0.39, 0.29) is 5.41 Å². The number of hydrogen-bond acceptors (Lipinski definition) is 0. The van der Waals surface area contributed by atoms with Gasteiger partial charge in [0, 0.05) is 9.89 Å². The third-order valence-corrected chi connectivity index (χ3v) is 12.9. The molecule has 0 bridgehead atoms. The summed E-state index contributed by atoms with van der Waals surface area (Å²) in [5.41, 5.74) is 6.27. The zero-order valence-electron chi connectivity index (χ0n) is 26.5. The second kappa shape index (κ2) is 16.1. The number of unbranched alkanes of at least 4 members (excludes halogenated alkanes) is 10. The van der Waals surface area contributed by atoms with Crippen molar-refractivity contribution in [2.75, 3.05) is 0 Å². The average Bonchev–Trinajstić information content (AvgIpc) is 3.31. The van der Waals surface area contributed by atoms with Crippen LogP contribution in [0, 0.1) is 0 Å². The minimum absolute atomic E-state index is 0.0695. The van der Waals surface area contributed by atoms with Gasteiger partial charge in [0.15, 0.2) is 8.80 Å². The maximum absolute atomic E-state index is 3.91. The second-order valence-corrected chi connectivity index (χ2v) is 16.0. The van der Waals surface area contributed by atoms with E-state index in [2.05, 4.69) is 127 Å². The molecular formula is C41H50BrSi. The SMILES string of the molecule is CCCCCCCCC1(CCCCCCCC)c2cc(Br)ccc2-c2cccc([Si](c3ccccc3)c3ccccc3)c21. The Labute approximate surface area is 272 Å². The molecule has 0 heterocycles. The normalized spacial score (nSPS) is 13.3. The maximum Gasteiger partial charge on any atom is 0.154 e. The van der Waals surface area contributed by atoms with Crippen LogP contribution in [0.3, 0.4) is 0 Å². The van der Waals surface area contributed by atoms with Gasteiger partial charge in [-0.1, -0.05) is 202 Å². The Hall–Kier alpha value is -2.42. The van der Waals surface area contributed by atoms with Gasteiger partial charge in [-0.05, 0) is 52.4 Å². The van der Waals surface area contributed by atoms with E-state index in [9.17, 15) is 0 Å². The van der Waals surface area contributed by atoms with Crippen molar-refractivity contribution < 1.29 is 0 Å². The zero-order chi connectivity index (χ0) is 29.9. The van der Waals surface area contributed by atoms with Crippen LogP contribution in [0.2, 0.25) is 0 Å². The number of hydrogen-bond donors (Lipinski definition) is 0. The topological polar surface area (TPSA) is 0 Å². The molecule has 1 aliphatic rings. The fourth-order valence-electron chi connectivity index (χ4n) is 7.53. The molecule has 4 aromatic rings. The van der Waals surface area contributed by atoms with E-state index in [4.69, 9.17) is 0 Å². The lowest BCUT2D eigenvalue weighted by molar-refractivity contribution is 0.399. The molecule has 0 atom stereocenters. The molecule has 1 radical (unpaired) electrons. The highest BCUT2D eigenvalue weighted by atomic mass is 79.9. The average molecular weight is 651 g/mol. The van der Waals surface area contributed by atoms with Crippen molar-refractivity contribution in [1.29, 1.82) is 0 Å². The Kier molecular flexibility index (Phi) is 11.9. The van der Waals surface area contributed by atoms with E-state index in [1.54, 1.807) is 16.3 Å². The summed E-state index contributed by atoms with van der Waals surface area (Å²) in [5, 5.41) is 4.57. The quantitative estimate of drug-likeness (QED) is 0.0606. The first-order valence-electron chi connectivity index (χ1n) is 17.1. The first-order valence-corrected chi connectivity index (χ1v) is 19.4. The smallest absolute Gasteiger partial charge is 0.0654 e. The van der Waals surface area contributed by atoms with Crippen LogP contribution in [0.25, 0.3) is 11.1 Å². The van der Waals surface area contributed by atoms with Crippen molar-refractivity contribution in [2.45, 2.75) is 109 Å². The van der Waals surface area contributed by atoms with Crippen LogP contribution in [0.4, 0.5) is 0 Å². The van der Waals surface area contributed by atoms with E-state index in [1.807, 2.05) is 0 Å². The number of benzene rings is 4. The number of rotatable bonds is 17. The molecule has 0 spiro atoms. The fraction of sp³-hybridized carbons (Fsp3) is 0.415. The molecular weight excluding hydrogens is 600 g/mol. The van der Waals surface area contributed by atoms with Gasteiger partial charge in [0.2, 0.25) is 0 Å². The predicted molar refractivity (Wildman–Crippen MR) is 194 cm³/mol. The molecule has 43 heavy (non-hydrogen) atoms. The van der Waals surface area contributed by atoms with Crippen LogP contribution < -0.4 is 15.6 Å². The van der Waals surface area contributed by atoms with Gasteiger partial charge >= 0.3 is 0 Å². The van der Waals surface area contributed by atoms with E-state index in [1.165, 1.54) is 116 Å². The first kappa shape index (κ1) is 32.0. The molecule has 225 valence electrons. The van der Waals surface area contributed by atoms with Crippen molar-refractivity contribution in [3.05, 3.63) is 113 Å². The van der Waals surface area contributed by atoms with Crippen LogP contribution in [0.15, 0.2) is 102 Å².